The molecule has 1 aliphatic carbocycles. The van der Waals surface area contributed by atoms with Gasteiger partial charge in [-0.1, -0.05) is 0 Å². The summed E-state index contributed by atoms with van der Waals surface area (Å²) in [5, 5.41) is 8.97. The van der Waals surface area contributed by atoms with E-state index in [0.717, 1.165) is 0 Å². The first-order valence-corrected chi connectivity index (χ1v) is 5.86. The Morgan fingerprint density at radius 2 is 2.18 bits per heavy atom. The number of rotatable bonds is 5. The van der Waals surface area contributed by atoms with Crippen LogP contribution in [0.4, 0.5) is 0 Å². The van der Waals surface area contributed by atoms with E-state index in [4.69, 9.17) is 14.6 Å². The number of carboxylic acid groups (broad SMARTS) is 1. The summed E-state index contributed by atoms with van der Waals surface area (Å²) in [7, 11) is 0. The standard InChI is InChI=1S/C11H17NO5/c13-10(7-17-5-8-1-2-8)12-3-4-16-6-9(12)11(14)15/h8-9H,1-7H2,(H,14,15)/t9-/m0/s1. The molecule has 1 N–H and O–H groups in total. The molecule has 1 aliphatic heterocycles. The van der Waals surface area contributed by atoms with Crippen molar-refractivity contribution in [3.05, 3.63) is 0 Å². The zero-order valence-electron chi connectivity index (χ0n) is 9.63. The maximum absolute atomic E-state index is 11.8. The molecule has 17 heavy (non-hydrogen) atoms. The fourth-order valence-electron chi connectivity index (χ4n) is 1.79. The Hall–Kier alpha value is -1.14. The molecule has 0 bridgehead atoms. The van der Waals surface area contributed by atoms with E-state index >= 15 is 0 Å². The van der Waals surface area contributed by atoms with Crippen LogP contribution in [0.5, 0.6) is 0 Å². The van der Waals surface area contributed by atoms with Crippen LogP contribution >= 0.6 is 0 Å². The Morgan fingerprint density at radius 3 is 2.82 bits per heavy atom. The number of carbonyl (C=O) groups is 2. The van der Waals surface area contributed by atoms with Gasteiger partial charge < -0.3 is 19.5 Å². The smallest absolute Gasteiger partial charge is 0.328 e. The van der Waals surface area contributed by atoms with Gasteiger partial charge in [-0.3, -0.25) is 4.79 Å². The van der Waals surface area contributed by atoms with Gasteiger partial charge in [0.2, 0.25) is 5.91 Å². The van der Waals surface area contributed by atoms with Crippen molar-refractivity contribution in [1.82, 2.24) is 4.90 Å². The normalized spacial score (nSPS) is 24.7. The lowest BCUT2D eigenvalue weighted by atomic mass is 10.2. The third-order valence-corrected chi connectivity index (χ3v) is 3.01. The second kappa shape index (κ2) is 5.46. The highest BCUT2D eigenvalue weighted by molar-refractivity contribution is 5.84. The third-order valence-electron chi connectivity index (χ3n) is 3.01. The van der Waals surface area contributed by atoms with Crippen molar-refractivity contribution in [2.45, 2.75) is 18.9 Å². The molecule has 6 heteroatoms. The van der Waals surface area contributed by atoms with Crippen molar-refractivity contribution < 1.29 is 24.2 Å². The van der Waals surface area contributed by atoms with Crippen LogP contribution in [0.2, 0.25) is 0 Å². The van der Waals surface area contributed by atoms with Crippen LogP contribution in [0.15, 0.2) is 0 Å². The largest absolute Gasteiger partial charge is 0.480 e. The molecule has 2 aliphatic rings. The molecule has 1 heterocycles. The molecule has 0 aromatic carbocycles. The van der Waals surface area contributed by atoms with E-state index in [1.165, 1.54) is 17.7 Å². The maximum atomic E-state index is 11.8. The quantitative estimate of drug-likeness (QED) is 0.719. The molecule has 2 fully saturated rings. The minimum absolute atomic E-state index is 0.0275. The van der Waals surface area contributed by atoms with E-state index in [9.17, 15) is 9.59 Å². The molecular formula is C11H17NO5. The van der Waals surface area contributed by atoms with Crippen molar-refractivity contribution in [2.24, 2.45) is 5.92 Å². The Morgan fingerprint density at radius 1 is 1.41 bits per heavy atom. The minimum Gasteiger partial charge on any atom is -0.480 e. The zero-order valence-corrected chi connectivity index (χ0v) is 9.63. The highest BCUT2D eigenvalue weighted by Gasteiger charge is 2.32. The number of ether oxygens (including phenoxy) is 2. The summed E-state index contributed by atoms with van der Waals surface area (Å²) in [6.07, 6.45) is 2.34. The first-order chi connectivity index (χ1) is 8.18. The van der Waals surface area contributed by atoms with Crippen LogP contribution in [0.25, 0.3) is 0 Å². The van der Waals surface area contributed by atoms with Gasteiger partial charge in [0.05, 0.1) is 19.8 Å². The lowest BCUT2D eigenvalue weighted by molar-refractivity contribution is -0.160. The minimum atomic E-state index is -1.03. The molecule has 0 radical (unpaired) electrons. The van der Waals surface area contributed by atoms with Crippen molar-refractivity contribution in [2.75, 3.05) is 33.0 Å². The number of hydrogen-bond acceptors (Lipinski definition) is 4. The first kappa shape index (κ1) is 12.3. The first-order valence-electron chi connectivity index (χ1n) is 5.86. The maximum Gasteiger partial charge on any atom is 0.328 e. The second-order valence-corrected chi connectivity index (χ2v) is 4.47. The van der Waals surface area contributed by atoms with Gasteiger partial charge in [-0.15, -0.1) is 0 Å². The van der Waals surface area contributed by atoms with Gasteiger partial charge in [-0.05, 0) is 18.8 Å². The number of nitrogens with zero attached hydrogens (tertiary/aromatic N) is 1. The number of carboxylic acids is 1. The van der Waals surface area contributed by atoms with Crippen LogP contribution in [0, 0.1) is 5.92 Å². The topological polar surface area (TPSA) is 76.1 Å². The predicted octanol–water partition coefficient (Wildman–Crippen LogP) is -0.275. The molecule has 0 aromatic rings. The molecule has 0 aromatic heterocycles. The fourth-order valence-corrected chi connectivity index (χ4v) is 1.79. The molecule has 0 spiro atoms. The summed E-state index contributed by atoms with van der Waals surface area (Å²) in [4.78, 5) is 24.1. The van der Waals surface area contributed by atoms with E-state index in [1.54, 1.807) is 0 Å². The van der Waals surface area contributed by atoms with Gasteiger partial charge in [-0.25, -0.2) is 4.79 Å². The monoisotopic (exact) mass is 243 g/mol. The number of carbonyl (C=O) groups excluding carboxylic acids is 1. The molecule has 6 nitrogen and oxygen atoms in total. The number of hydrogen-bond donors (Lipinski definition) is 1. The summed E-state index contributed by atoms with van der Waals surface area (Å²) >= 11 is 0. The Kier molecular flexibility index (Phi) is 3.96. The summed E-state index contributed by atoms with van der Waals surface area (Å²) in [5.41, 5.74) is 0. The van der Waals surface area contributed by atoms with Gasteiger partial charge in [0.1, 0.15) is 6.61 Å². The zero-order chi connectivity index (χ0) is 12.3. The molecule has 1 saturated carbocycles. The summed E-state index contributed by atoms with van der Waals surface area (Å²) in [6.45, 7) is 1.35. The van der Waals surface area contributed by atoms with E-state index in [2.05, 4.69) is 0 Å². The average molecular weight is 243 g/mol. The Labute approximate surface area is 99.5 Å². The van der Waals surface area contributed by atoms with Gasteiger partial charge >= 0.3 is 5.97 Å². The summed E-state index contributed by atoms with van der Waals surface area (Å²) < 4.78 is 10.3. The number of amides is 1. The van der Waals surface area contributed by atoms with Crippen LogP contribution in [0.1, 0.15) is 12.8 Å². The molecule has 2 rings (SSSR count). The van der Waals surface area contributed by atoms with Crippen molar-refractivity contribution in [1.29, 1.82) is 0 Å². The Bertz CT molecular complexity index is 302. The molecule has 1 amide bonds. The van der Waals surface area contributed by atoms with Crippen molar-refractivity contribution in [3.63, 3.8) is 0 Å². The Balaban J connectivity index is 1.79. The second-order valence-electron chi connectivity index (χ2n) is 4.47. The summed E-state index contributed by atoms with van der Waals surface area (Å²) in [5.74, 6) is -0.690. The van der Waals surface area contributed by atoms with Gasteiger partial charge in [0.15, 0.2) is 6.04 Å². The average Bonchev–Trinajstić information content (AvgIpc) is 3.13. The fraction of sp³-hybridized carbons (Fsp3) is 0.818. The molecule has 96 valence electrons. The van der Waals surface area contributed by atoms with Gasteiger partial charge in [0.25, 0.3) is 0 Å². The van der Waals surface area contributed by atoms with Crippen LogP contribution in [-0.2, 0) is 19.1 Å². The van der Waals surface area contributed by atoms with E-state index < -0.39 is 12.0 Å². The van der Waals surface area contributed by atoms with Crippen LogP contribution in [0.3, 0.4) is 0 Å². The molecule has 0 unspecified atom stereocenters. The van der Waals surface area contributed by atoms with E-state index in [-0.39, 0.29) is 19.1 Å². The van der Waals surface area contributed by atoms with E-state index in [0.29, 0.717) is 25.7 Å². The highest BCUT2D eigenvalue weighted by Crippen LogP contribution is 2.28. The van der Waals surface area contributed by atoms with Crippen LogP contribution < -0.4 is 0 Å². The van der Waals surface area contributed by atoms with Crippen LogP contribution in [-0.4, -0.2) is 60.9 Å². The molecular weight excluding hydrogens is 226 g/mol. The molecule has 1 saturated heterocycles. The number of aliphatic carboxylic acids is 1. The van der Waals surface area contributed by atoms with Gasteiger partial charge in [0, 0.05) is 6.54 Å². The highest BCUT2D eigenvalue weighted by atomic mass is 16.5. The summed E-state index contributed by atoms with van der Waals surface area (Å²) in [6, 6.07) is -0.874. The lowest BCUT2D eigenvalue weighted by Crippen LogP contribution is -2.53. The third kappa shape index (κ3) is 3.41. The van der Waals surface area contributed by atoms with E-state index in [1.807, 2.05) is 0 Å². The SMILES string of the molecule is O=C(O)[C@@H]1COCCN1C(=O)COCC1CC1. The number of morpholine rings is 1. The molecule has 1 atom stereocenters. The lowest BCUT2D eigenvalue weighted by Gasteiger charge is -2.32. The van der Waals surface area contributed by atoms with Gasteiger partial charge in [-0.2, -0.15) is 0 Å². The van der Waals surface area contributed by atoms with Crippen molar-refractivity contribution >= 4 is 11.9 Å². The predicted molar refractivity (Wildman–Crippen MR) is 57.5 cm³/mol. The van der Waals surface area contributed by atoms with Crippen molar-refractivity contribution in [3.8, 4) is 0 Å².